The van der Waals surface area contributed by atoms with Gasteiger partial charge in [0, 0.05) is 30.3 Å². The molecule has 2 unspecified atom stereocenters. The molecule has 1 aromatic heterocycles. The van der Waals surface area contributed by atoms with Crippen molar-refractivity contribution in [2.75, 3.05) is 29.5 Å². The largest absolute Gasteiger partial charge is 0.573 e. The lowest BCUT2D eigenvalue weighted by molar-refractivity contribution is -0.274. The summed E-state index contributed by atoms with van der Waals surface area (Å²) in [6.07, 6.45) is -1.55. The Morgan fingerprint density at radius 3 is 2.39 bits per heavy atom. The average Bonchev–Trinajstić information content (AvgIpc) is 3.68. The highest BCUT2D eigenvalue weighted by atomic mass is 32.3. The first-order chi connectivity index (χ1) is 20.9. The zero-order valence-corrected chi connectivity index (χ0v) is 24.7. The van der Waals surface area contributed by atoms with Crippen LogP contribution < -0.4 is 15.4 Å². The van der Waals surface area contributed by atoms with E-state index in [1.807, 2.05) is 29.2 Å². The Labute approximate surface area is 254 Å². The van der Waals surface area contributed by atoms with Gasteiger partial charge >= 0.3 is 6.36 Å². The SMILES string of the molecule is N#CC1(C2(C(N)=O)CCCCC2c2oc(-c3ccccc3OC(F)(F)F)nc2-c2ccc(N3CCS(O)(O)CC3)cc2)CC1. The van der Waals surface area contributed by atoms with E-state index in [4.69, 9.17) is 15.1 Å². The van der Waals surface area contributed by atoms with E-state index in [0.717, 1.165) is 12.1 Å². The molecule has 2 aromatic carbocycles. The third kappa shape index (κ3) is 5.39. The second kappa shape index (κ2) is 11.0. The number of aromatic nitrogens is 1. The predicted octanol–water partition coefficient (Wildman–Crippen LogP) is 6.91. The number of nitriles is 1. The molecule has 3 aliphatic rings. The molecule has 44 heavy (non-hydrogen) atoms. The van der Waals surface area contributed by atoms with Gasteiger partial charge < -0.3 is 19.8 Å². The Morgan fingerprint density at radius 2 is 1.77 bits per heavy atom. The number of para-hydroxylation sites is 1. The number of benzene rings is 2. The van der Waals surface area contributed by atoms with Gasteiger partial charge in [-0.15, -0.1) is 13.2 Å². The van der Waals surface area contributed by atoms with Crippen LogP contribution in [0.25, 0.3) is 22.7 Å². The van der Waals surface area contributed by atoms with Crippen LogP contribution in [0.5, 0.6) is 5.75 Å². The van der Waals surface area contributed by atoms with Gasteiger partial charge in [-0.25, -0.2) is 4.98 Å². The van der Waals surface area contributed by atoms with E-state index in [1.165, 1.54) is 18.2 Å². The summed E-state index contributed by atoms with van der Waals surface area (Å²) in [5, 5.41) is 10.2. The summed E-state index contributed by atoms with van der Waals surface area (Å²) < 4.78 is 70.5. The van der Waals surface area contributed by atoms with E-state index in [9.17, 15) is 32.3 Å². The highest BCUT2D eigenvalue weighted by Crippen LogP contribution is 2.68. The van der Waals surface area contributed by atoms with Gasteiger partial charge in [0.05, 0.1) is 34.0 Å². The zero-order valence-electron chi connectivity index (χ0n) is 23.8. The second-order valence-corrected chi connectivity index (χ2v) is 14.3. The van der Waals surface area contributed by atoms with Crippen LogP contribution >= 0.6 is 10.6 Å². The minimum absolute atomic E-state index is 0.0110. The summed E-state index contributed by atoms with van der Waals surface area (Å²) in [7, 11) is -2.56. The number of alkyl halides is 3. The minimum atomic E-state index is -4.94. The topological polar surface area (TPSA) is 146 Å². The normalized spacial score (nSPS) is 25.1. The molecule has 3 aromatic rings. The van der Waals surface area contributed by atoms with Crippen LogP contribution in [0.3, 0.4) is 0 Å². The molecule has 1 saturated heterocycles. The Kier molecular flexibility index (Phi) is 7.58. The summed E-state index contributed by atoms with van der Waals surface area (Å²) in [4.78, 5) is 20.1. The first kappa shape index (κ1) is 30.3. The van der Waals surface area contributed by atoms with Gasteiger partial charge in [-0.05, 0) is 49.9 Å². The number of nitrogens with two attached hydrogens (primary N) is 1. The number of amides is 1. The first-order valence-electron chi connectivity index (χ1n) is 14.5. The molecular weight excluding hydrogens is 597 g/mol. The van der Waals surface area contributed by atoms with E-state index < -0.39 is 45.4 Å². The number of carbonyl (C=O) groups excluding carboxylic acids is 1. The monoisotopic (exact) mass is 630 g/mol. The standard InChI is InChI=1S/C31H33F3N4O5S/c32-31(33,34)43-24-7-2-1-5-22(24)27-37-25(20-8-10-21(11-9-20)38-15-17-44(40,41)18-16-38)26(42-27)23-6-3-4-12-30(23,28(36)39)29(19-35)13-14-29/h1-2,5,7-11,23,40-41H,3-4,6,12-18H2,(H2,36,39). The van der Waals surface area contributed by atoms with Crippen LogP contribution in [0, 0.1) is 22.2 Å². The first-order valence-corrected chi connectivity index (χ1v) is 16.4. The molecule has 1 amide bonds. The van der Waals surface area contributed by atoms with Crippen molar-refractivity contribution in [3.63, 3.8) is 0 Å². The van der Waals surface area contributed by atoms with Gasteiger partial charge in [0.2, 0.25) is 11.8 Å². The number of oxazole rings is 1. The molecule has 0 spiro atoms. The molecule has 0 radical (unpaired) electrons. The molecule has 6 rings (SSSR count). The fourth-order valence-corrected chi connectivity index (χ4v) is 8.21. The molecule has 2 aliphatic carbocycles. The van der Waals surface area contributed by atoms with Gasteiger partial charge in [-0.3, -0.25) is 13.9 Å². The van der Waals surface area contributed by atoms with E-state index in [0.29, 0.717) is 62.2 Å². The van der Waals surface area contributed by atoms with Crippen molar-refractivity contribution < 1.29 is 36.2 Å². The number of nitrogens with zero attached hydrogens (tertiary/aromatic N) is 3. The lowest BCUT2D eigenvalue weighted by atomic mass is 9.56. The minimum Gasteiger partial charge on any atom is -0.440 e. The zero-order chi connectivity index (χ0) is 31.3. The summed E-state index contributed by atoms with van der Waals surface area (Å²) in [5.41, 5.74) is 5.77. The maximum absolute atomic E-state index is 13.3. The molecule has 2 heterocycles. The van der Waals surface area contributed by atoms with Gasteiger partial charge in [0.25, 0.3) is 0 Å². The molecule has 13 heteroatoms. The Bertz CT molecular complexity index is 1590. The van der Waals surface area contributed by atoms with Crippen LogP contribution in [0.1, 0.15) is 50.2 Å². The van der Waals surface area contributed by atoms with Crippen molar-refractivity contribution in [1.82, 2.24) is 4.98 Å². The van der Waals surface area contributed by atoms with Crippen molar-refractivity contribution in [3.05, 3.63) is 54.3 Å². The molecule has 9 nitrogen and oxygen atoms in total. The van der Waals surface area contributed by atoms with Crippen LogP contribution in [-0.4, -0.2) is 51.0 Å². The number of primary amides is 1. The Hall–Kier alpha value is -3.73. The maximum atomic E-state index is 13.3. The van der Waals surface area contributed by atoms with Crippen molar-refractivity contribution in [3.8, 4) is 34.5 Å². The molecule has 1 aliphatic heterocycles. The second-order valence-electron chi connectivity index (χ2n) is 11.8. The third-order valence-electron chi connectivity index (χ3n) is 9.36. The lowest BCUT2D eigenvalue weighted by Gasteiger charge is -2.44. The summed E-state index contributed by atoms with van der Waals surface area (Å²) in [5.74, 6) is -0.920. The molecule has 2 atom stereocenters. The maximum Gasteiger partial charge on any atom is 0.573 e. The molecule has 2 saturated carbocycles. The Morgan fingerprint density at radius 1 is 1.09 bits per heavy atom. The molecule has 3 fully saturated rings. The van der Waals surface area contributed by atoms with Gasteiger partial charge in [0.1, 0.15) is 17.2 Å². The fraction of sp³-hybridized carbons (Fsp3) is 0.452. The number of carbonyl (C=O) groups is 1. The van der Waals surface area contributed by atoms with Crippen molar-refractivity contribution in [2.45, 2.75) is 50.8 Å². The van der Waals surface area contributed by atoms with Crippen LogP contribution in [0.15, 0.2) is 52.9 Å². The molecular formula is C31H33F3N4O5S. The third-order valence-corrected chi connectivity index (χ3v) is 11.0. The number of rotatable bonds is 7. The fourth-order valence-electron chi connectivity index (χ4n) is 6.98. The number of halogens is 3. The van der Waals surface area contributed by atoms with Gasteiger partial charge in [0.15, 0.2) is 0 Å². The van der Waals surface area contributed by atoms with Gasteiger partial charge in [-0.1, -0.05) is 37.1 Å². The number of ether oxygens (including phenoxy) is 1. The number of anilines is 1. The average molecular weight is 631 g/mol. The molecule has 234 valence electrons. The Balaban J connectivity index is 1.47. The highest BCUT2D eigenvalue weighted by Gasteiger charge is 2.67. The summed E-state index contributed by atoms with van der Waals surface area (Å²) in [6, 6.07) is 15.3. The summed E-state index contributed by atoms with van der Waals surface area (Å²) in [6.45, 7) is 0.965. The molecule has 0 bridgehead atoms. The van der Waals surface area contributed by atoms with Crippen molar-refractivity contribution in [2.24, 2.45) is 16.6 Å². The van der Waals surface area contributed by atoms with Crippen molar-refractivity contribution >= 4 is 22.2 Å². The van der Waals surface area contributed by atoms with E-state index in [1.54, 1.807) is 6.07 Å². The quantitative estimate of drug-likeness (QED) is 0.255. The van der Waals surface area contributed by atoms with Crippen LogP contribution in [0.4, 0.5) is 18.9 Å². The van der Waals surface area contributed by atoms with Crippen LogP contribution in [0.2, 0.25) is 0 Å². The van der Waals surface area contributed by atoms with Crippen molar-refractivity contribution in [1.29, 1.82) is 5.26 Å². The predicted molar refractivity (Wildman–Crippen MR) is 159 cm³/mol. The van der Waals surface area contributed by atoms with Crippen LogP contribution in [-0.2, 0) is 4.79 Å². The smallest absolute Gasteiger partial charge is 0.440 e. The van der Waals surface area contributed by atoms with Gasteiger partial charge in [-0.2, -0.15) is 15.9 Å². The summed E-state index contributed by atoms with van der Waals surface area (Å²) >= 11 is 0. The van der Waals surface area contributed by atoms with E-state index in [-0.39, 0.29) is 23.0 Å². The van der Waals surface area contributed by atoms with E-state index >= 15 is 0 Å². The van der Waals surface area contributed by atoms with E-state index in [2.05, 4.69) is 10.8 Å². The molecule has 4 N–H and O–H groups in total. The number of hydrogen-bond acceptors (Lipinski definition) is 8. The highest BCUT2D eigenvalue weighted by molar-refractivity contribution is 8.24. The number of hydrogen-bond donors (Lipinski definition) is 3. The lowest BCUT2D eigenvalue weighted by Crippen LogP contribution is -2.50.